The van der Waals surface area contributed by atoms with Gasteiger partial charge in [-0.05, 0) is 27.5 Å². The molecule has 0 fully saturated rings. The van der Waals surface area contributed by atoms with Crippen LogP contribution in [0.2, 0.25) is 0 Å². The molecule has 0 radical (unpaired) electrons. The Morgan fingerprint density at radius 2 is 1.41 bits per heavy atom. The number of rotatable bonds is 7. The smallest absolute Gasteiger partial charge is 0.330 e. The van der Waals surface area contributed by atoms with Crippen molar-refractivity contribution >= 4 is 28.2 Å². The predicted octanol–water partition coefficient (Wildman–Crippen LogP) is 4.10. The molecule has 4 aromatic carbocycles. The van der Waals surface area contributed by atoms with E-state index >= 15 is 0 Å². The Morgan fingerprint density at radius 1 is 0.784 bits per heavy atom. The van der Waals surface area contributed by atoms with Crippen LogP contribution in [0.1, 0.15) is 16.7 Å². The van der Waals surface area contributed by atoms with E-state index in [2.05, 4.69) is 4.98 Å². The molecule has 0 saturated heterocycles. The zero-order chi connectivity index (χ0) is 25.8. The van der Waals surface area contributed by atoms with Crippen LogP contribution < -0.4 is 21.9 Å². The van der Waals surface area contributed by atoms with Gasteiger partial charge in [0.2, 0.25) is 5.91 Å². The van der Waals surface area contributed by atoms with Crippen LogP contribution in [0.3, 0.4) is 0 Å². The zero-order valence-corrected chi connectivity index (χ0v) is 20.1. The van der Waals surface area contributed by atoms with Gasteiger partial charge >= 0.3 is 5.69 Å². The molecule has 1 aromatic heterocycles. The van der Waals surface area contributed by atoms with Crippen LogP contribution in [0.25, 0.3) is 10.8 Å². The van der Waals surface area contributed by atoms with E-state index in [9.17, 15) is 14.4 Å². The van der Waals surface area contributed by atoms with Crippen molar-refractivity contribution in [3.05, 3.63) is 141 Å². The number of anilines is 2. The van der Waals surface area contributed by atoms with E-state index in [4.69, 9.17) is 5.73 Å². The van der Waals surface area contributed by atoms with Gasteiger partial charge in [0.25, 0.3) is 5.56 Å². The number of carbonyl (C=O) groups excluding carboxylic acids is 1. The summed E-state index contributed by atoms with van der Waals surface area (Å²) in [6.45, 7) is 0.285. The van der Waals surface area contributed by atoms with Crippen molar-refractivity contribution < 1.29 is 4.79 Å². The van der Waals surface area contributed by atoms with Crippen LogP contribution in [-0.2, 0) is 24.3 Å². The second kappa shape index (κ2) is 10.4. The SMILES string of the molecule is Nc1c(N(Cc2ccccc2)C(=O)Cc2cccc3ccccc23)c(=O)[nH]c(=O)n1Cc1ccccc1. The van der Waals surface area contributed by atoms with Crippen LogP contribution in [0.15, 0.2) is 113 Å². The number of hydrogen-bond acceptors (Lipinski definition) is 4. The van der Waals surface area contributed by atoms with E-state index in [1.54, 1.807) is 0 Å². The second-order valence-electron chi connectivity index (χ2n) is 8.85. The van der Waals surface area contributed by atoms with E-state index in [0.717, 1.165) is 27.5 Å². The van der Waals surface area contributed by atoms with Crippen LogP contribution in [0.5, 0.6) is 0 Å². The molecule has 0 unspecified atom stereocenters. The van der Waals surface area contributed by atoms with Gasteiger partial charge in [-0.1, -0.05) is 103 Å². The van der Waals surface area contributed by atoms with Crippen molar-refractivity contribution in [2.24, 2.45) is 0 Å². The van der Waals surface area contributed by atoms with Gasteiger partial charge in [-0.3, -0.25) is 24.0 Å². The van der Waals surface area contributed by atoms with Crippen molar-refractivity contribution in [2.75, 3.05) is 10.6 Å². The van der Waals surface area contributed by atoms with Gasteiger partial charge in [0, 0.05) is 0 Å². The van der Waals surface area contributed by atoms with E-state index < -0.39 is 11.2 Å². The Kier molecular flexibility index (Phi) is 6.68. The fourth-order valence-electron chi connectivity index (χ4n) is 4.52. The highest BCUT2D eigenvalue weighted by Gasteiger charge is 2.25. The average molecular weight is 491 g/mol. The molecule has 0 aliphatic rings. The monoisotopic (exact) mass is 490 g/mol. The largest absolute Gasteiger partial charge is 0.383 e. The topological polar surface area (TPSA) is 101 Å². The summed E-state index contributed by atoms with van der Waals surface area (Å²) < 4.78 is 1.29. The molecule has 5 rings (SSSR count). The molecule has 0 spiro atoms. The highest BCUT2D eigenvalue weighted by Crippen LogP contribution is 2.24. The third-order valence-corrected chi connectivity index (χ3v) is 6.37. The average Bonchev–Trinajstić information content (AvgIpc) is 2.92. The summed E-state index contributed by atoms with van der Waals surface area (Å²) in [5.41, 5.74) is 7.60. The first-order valence-corrected chi connectivity index (χ1v) is 12.0. The number of benzene rings is 4. The second-order valence-corrected chi connectivity index (χ2v) is 8.85. The summed E-state index contributed by atoms with van der Waals surface area (Å²) >= 11 is 0. The summed E-state index contributed by atoms with van der Waals surface area (Å²) in [7, 11) is 0. The lowest BCUT2D eigenvalue weighted by atomic mass is 10.0. The molecule has 5 aromatic rings. The molecule has 0 aliphatic carbocycles. The van der Waals surface area contributed by atoms with Crippen molar-refractivity contribution in [2.45, 2.75) is 19.5 Å². The van der Waals surface area contributed by atoms with Gasteiger partial charge in [0.05, 0.1) is 19.5 Å². The minimum Gasteiger partial charge on any atom is -0.383 e. The number of fused-ring (bicyclic) bond motifs is 1. The van der Waals surface area contributed by atoms with Crippen molar-refractivity contribution in [3.63, 3.8) is 0 Å². The highest BCUT2D eigenvalue weighted by atomic mass is 16.2. The van der Waals surface area contributed by atoms with Gasteiger partial charge in [-0.15, -0.1) is 0 Å². The van der Waals surface area contributed by atoms with Gasteiger partial charge in [0.15, 0.2) is 5.69 Å². The van der Waals surface area contributed by atoms with Gasteiger partial charge in [-0.2, -0.15) is 0 Å². The van der Waals surface area contributed by atoms with Gasteiger partial charge < -0.3 is 5.73 Å². The first-order valence-electron chi connectivity index (χ1n) is 12.0. The van der Waals surface area contributed by atoms with E-state index in [1.165, 1.54) is 9.47 Å². The first-order chi connectivity index (χ1) is 18.0. The minimum absolute atomic E-state index is 0.0374. The van der Waals surface area contributed by atoms with Gasteiger partial charge in [0.1, 0.15) is 5.82 Å². The summed E-state index contributed by atoms with van der Waals surface area (Å²) in [6.07, 6.45) is 0.0604. The maximum Gasteiger partial charge on any atom is 0.330 e. The van der Waals surface area contributed by atoms with Gasteiger partial charge in [-0.25, -0.2) is 4.79 Å². The molecule has 0 atom stereocenters. The number of nitrogens with one attached hydrogen (secondary N) is 1. The van der Waals surface area contributed by atoms with Crippen molar-refractivity contribution in [1.82, 2.24) is 9.55 Å². The lowest BCUT2D eigenvalue weighted by molar-refractivity contribution is -0.118. The molecule has 1 heterocycles. The first kappa shape index (κ1) is 23.8. The molecule has 184 valence electrons. The van der Waals surface area contributed by atoms with Crippen molar-refractivity contribution in [1.29, 1.82) is 0 Å². The van der Waals surface area contributed by atoms with Crippen LogP contribution >= 0.6 is 0 Å². The number of carbonyl (C=O) groups is 1. The normalized spacial score (nSPS) is 10.9. The zero-order valence-electron chi connectivity index (χ0n) is 20.1. The molecule has 3 N–H and O–H groups in total. The van der Waals surface area contributed by atoms with Crippen LogP contribution in [-0.4, -0.2) is 15.5 Å². The molecule has 0 aliphatic heterocycles. The maximum absolute atomic E-state index is 13.9. The van der Waals surface area contributed by atoms with Crippen molar-refractivity contribution in [3.8, 4) is 0 Å². The third kappa shape index (κ3) is 5.06. The van der Waals surface area contributed by atoms with E-state index in [0.29, 0.717) is 0 Å². The Morgan fingerprint density at radius 3 is 2.14 bits per heavy atom. The molecule has 0 bridgehead atoms. The lowest BCUT2D eigenvalue weighted by Gasteiger charge is -2.25. The maximum atomic E-state index is 13.9. The Hall–Kier alpha value is -4.91. The number of nitrogens with zero attached hydrogens (tertiary/aromatic N) is 2. The molecule has 37 heavy (non-hydrogen) atoms. The van der Waals surface area contributed by atoms with Crippen LogP contribution in [0, 0.1) is 0 Å². The quantitative estimate of drug-likeness (QED) is 0.359. The number of H-pyrrole nitrogens is 1. The fraction of sp³-hybridized carbons (Fsp3) is 0.100. The Bertz CT molecular complexity index is 1670. The fourth-order valence-corrected chi connectivity index (χ4v) is 4.52. The van der Waals surface area contributed by atoms with Crippen LogP contribution in [0.4, 0.5) is 11.5 Å². The number of nitrogens with two attached hydrogens (primary N) is 1. The third-order valence-electron chi connectivity index (χ3n) is 6.37. The number of aromatic nitrogens is 2. The summed E-state index contributed by atoms with van der Waals surface area (Å²) in [4.78, 5) is 43.4. The summed E-state index contributed by atoms with van der Waals surface area (Å²) in [5, 5.41) is 1.99. The minimum atomic E-state index is -0.700. The number of nitrogen functional groups attached to an aromatic ring is 1. The molecule has 7 heteroatoms. The number of hydrogen-bond donors (Lipinski definition) is 2. The highest BCUT2D eigenvalue weighted by molar-refractivity contribution is 5.99. The number of aromatic amines is 1. The Labute approximate surface area is 213 Å². The summed E-state index contributed by atoms with van der Waals surface area (Å²) in [6, 6.07) is 32.4. The lowest BCUT2D eigenvalue weighted by Crippen LogP contribution is -2.41. The molecular formula is C30H26N4O3. The number of amides is 1. The molecule has 7 nitrogen and oxygen atoms in total. The molecular weight excluding hydrogens is 464 g/mol. The van der Waals surface area contributed by atoms with E-state index in [-0.39, 0.29) is 36.9 Å². The molecule has 0 saturated carbocycles. The summed E-state index contributed by atoms with van der Waals surface area (Å²) in [5.74, 6) is -0.359. The molecule has 1 amide bonds. The predicted molar refractivity (Wildman–Crippen MR) is 147 cm³/mol. The van der Waals surface area contributed by atoms with E-state index in [1.807, 2.05) is 103 Å². The Balaban J connectivity index is 1.59. The standard InChI is InChI=1S/C30H26N4O3/c31-28-27(29(36)32-30(37)34(28)20-22-12-5-2-6-13-22)33(19-21-10-3-1-4-11-21)26(35)18-24-16-9-15-23-14-7-8-17-25(23)24/h1-17H,18-20,31H2,(H,32,36,37).